The number of hydrogen-bond donors (Lipinski definition) is 0. The Bertz CT molecular complexity index is 2480. The van der Waals surface area contributed by atoms with Crippen molar-refractivity contribution in [3.05, 3.63) is 196 Å². The fourth-order valence-corrected chi connectivity index (χ4v) is 17.1. The minimum absolute atomic E-state index is 0.399. The maximum atomic E-state index is 15.2. The summed E-state index contributed by atoms with van der Waals surface area (Å²) in [4.78, 5) is 2.46. The molecule has 2 heterocycles. The normalized spacial score (nSPS) is 13.2. The molecule has 0 aliphatic carbocycles. The molecule has 2 nitrogen and oxygen atoms in total. The Labute approximate surface area is 298 Å². The molecule has 9 rings (SSSR count). The van der Waals surface area contributed by atoms with Gasteiger partial charge in [-0.3, -0.25) is 0 Å². The summed E-state index contributed by atoms with van der Waals surface area (Å²) in [5.74, 6) is 0. The first-order chi connectivity index (χ1) is 23.7. The van der Waals surface area contributed by atoms with E-state index in [0.717, 1.165) is 10.7 Å². The van der Waals surface area contributed by atoms with Crippen LogP contribution < -0.4 is 4.90 Å². The average Bonchev–Trinajstić information content (AvgIpc) is 3.73. The van der Waals surface area contributed by atoms with Gasteiger partial charge in [-0.05, 0) is 12.1 Å². The van der Waals surface area contributed by atoms with Crippen LogP contribution in [0.4, 0.5) is 11.4 Å². The minimum atomic E-state index is -4.04. The first-order valence-corrected chi connectivity index (χ1v) is 22.9. The van der Waals surface area contributed by atoms with Gasteiger partial charge in [0.2, 0.25) is 0 Å². The van der Waals surface area contributed by atoms with Crippen LogP contribution in [0.1, 0.15) is 5.56 Å². The first kappa shape index (κ1) is 29.8. The Kier molecular flexibility index (Phi) is 7.63. The van der Waals surface area contributed by atoms with E-state index in [0.29, 0.717) is 0 Å². The van der Waals surface area contributed by atoms with Crippen molar-refractivity contribution in [2.45, 2.75) is 0 Å². The number of benzene rings is 7. The molecule has 1 aliphatic rings. The zero-order valence-electron chi connectivity index (χ0n) is 25.8. The van der Waals surface area contributed by atoms with E-state index >= 15 is 3.07 Å². The summed E-state index contributed by atoms with van der Waals surface area (Å²) in [6.45, 7) is 0. The van der Waals surface area contributed by atoms with E-state index < -0.39 is 39.2 Å². The topological polar surface area (TPSA) is 20.3 Å². The van der Waals surface area contributed by atoms with Crippen molar-refractivity contribution in [2.75, 3.05) is 4.90 Å². The molecule has 0 spiro atoms. The van der Waals surface area contributed by atoms with Crippen LogP contribution in [-0.4, -0.2) is 3.63 Å². The Morgan fingerprint density at radius 3 is 1.69 bits per heavy atom. The standard InChI is InChI=1S/C43H29I2NOS/c47-45(33-15-7-2-8-16-33,34-17-9-3-10-18-34)35-23-26-42-38(29-35)37-27-31(22-25-41(37)48-42)32-21-24-40-39(28-32)44-43(30-13-5-1-6-14-30)46(40)36-19-11-4-12-20-36/h1-29H. The van der Waals surface area contributed by atoms with Crippen LogP contribution in [0.2, 0.25) is 0 Å². The van der Waals surface area contributed by atoms with E-state index in [-0.39, 0.29) is 0 Å². The van der Waals surface area contributed by atoms with Crippen LogP contribution in [-0.2, 0) is 3.07 Å². The van der Waals surface area contributed by atoms with Gasteiger partial charge in [0, 0.05) is 0 Å². The summed E-state index contributed by atoms with van der Waals surface area (Å²) in [5.41, 5.74) is 6.22. The van der Waals surface area contributed by atoms with E-state index in [4.69, 9.17) is 0 Å². The zero-order valence-corrected chi connectivity index (χ0v) is 30.9. The van der Waals surface area contributed by atoms with E-state index in [1.165, 1.54) is 55.4 Å². The number of anilines is 2. The number of rotatable bonds is 6. The summed E-state index contributed by atoms with van der Waals surface area (Å²) >= 11 is -2.63. The van der Waals surface area contributed by atoms with Gasteiger partial charge >= 0.3 is 240 Å². The van der Waals surface area contributed by atoms with Crippen molar-refractivity contribution in [3.63, 3.8) is 0 Å². The van der Waals surface area contributed by atoms with E-state index in [1.54, 1.807) is 11.3 Å². The van der Waals surface area contributed by atoms with E-state index in [2.05, 4.69) is 120 Å². The van der Waals surface area contributed by atoms with Crippen LogP contribution in [0.3, 0.4) is 0 Å². The maximum absolute atomic E-state index is 15.2. The molecule has 48 heavy (non-hydrogen) atoms. The van der Waals surface area contributed by atoms with Gasteiger partial charge in [-0.2, -0.15) is 0 Å². The fraction of sp³-hybridized carbons (Fsp3) is 0. The van der Waals surface area contributed by atoms with Crippen LogP contribution in [0.5, 0.6) is 0 Å². The van der Waals surface area contributed by atoms with Crippen LogP contribution in [0.25, 0.3) is 31.3 Å². The molecule has 0 unspecified atom stereocenters. The van der Waals surface area contributed by atoms with Gasteiger partial charge in [0.1, 0.15) is 0 Å². The van der Waals surface area contributed by atoms with E-state index in [9.17, 15) is 0 Å². The van der Waals surface area contributed by atoms with Gasteiger partial charge in [-0.1, -0.05) is 48.5 Å². The molecule has 0 saturated carbocycles. The molecule has 0 amide bonds. The fourth-order valence-electron chi connectivity index (χ4n) is 6.43. The predicted molar refractivity (Wildman–Crippen MR) is 220 cm³/mol. The van der Waals surface area contributed by atoms with Gasteiger partial charge in [-0.25, -0.2) is 0 Å². The molecule has 0 bridgehead atoms. The second kappa shape index (κ2) is 12.3. The van der Waals surface area contributed by atoms with Crippen molar-refractivity contribution in [1.82, 2.24) is 0 Å². The van der Waals surface area contributed by atoms with Crippen molar-refractivity contribution >= 4 is 85.7 Å². The molecule has 0 atom stereocenters. The average molecular weight is 862 g/mol. The second-order valence-corrected chi connectivity index (χ2v) is 22.1. The molecule has 1 aliphatic heterocycles. The third kappa shape index (κ3) is 5.07. The number of halogens is 2. The van der Waals surface area contributed by atoms with Crippen molar-refractivity contribution in [2.24, 2.45) is 0 Å². The van der Waals surface area contributed by atoms with Crippen LogP contribution in [0.15, 0.2) is 176 Å². The molecular formula is C43H29I2NOS. The van der Waals surface area contributed by atoms with Crippen LogP contribution >= 0.6 is 50.5 Å². The molecule has 5 heteroatoms. The number of thiophene rings is 1. The number of para-hydroxylation sites is 1. The summed E-state index contributed by atoms with van der Waals surface area (Å²) in [6, 6.07) is 62.0. The first-order valence-electron chi connectivity index (χ1n) is 15.8. The molecule has 8 aromatic rings. The molecule has 7 aromatic carbocycles. The van der Waals surface area contributed by atoms with Gasteiger partial charge in [0.05, 0.1) is 0 Å². The number of fused-ring (bicyclic) bond motifs is 4. The Morgan fingerprint density at radius 1 is 0.479 bits per heavy atom. The van der Waals surface area contributed by atoms with Crippen molar-refractivity contribution in [1.29, 1.82) is 0 Å². The molecular weight excluding hydrogens is 832 g/mol. The molecule has 1 aromatic heterocycles. The Balaban J connectivity index is 1.17. The number of hydrogen-bond acceptors (Lipinski definition) is 3. The summed E-state index contributed by atoms with van der Waals surface area (Å²) < 4.78 is 23.3. The van der Waals surface area contributed by atoms with Crippen molar-refractivity contribution < 1.29 is 3.07 Å². The quantitative estimate of drug-likeness (QED) is 0.155. The van der Waals surface area contributed by atoms with E-state index in [1.807, 2.05) is 60.7 Å². The molecule has 232 valence electrons. The third-order valence-corrected chi connectivity index (χ3v) is 20.3. The van der Waals surface area contributed by atoms with Crippen molar-refractivity contribution in [3.8, 4) is 11.1 Å². The van der Waals surface area contributed by atoms with Gasteiger partial charge in [-0.15, -0.1) is 0 Å². The summed E-state index contributed by atoms with van der Waals surface area (Å²) in [6.07, 6.45) is 0. The Morgan fingerprint density at radius 2 is 1.02 bits per heavy atom. The predicted octanol–water partition coefficient (Wildman–Crippen LogP) is 12.5. The van der Waals surface area contributed by atoms with Gasteiger partial charge in [0.15, 0.2) is 0 Å². The second-order valence-electron chi connectivity index (χ2n) is 11.6. The SMILES string of the molecule is O=I(c1ccccc1)(c1ccccc1)c1ccc2sc3ccc(-c4ccc5c(c4)I=C(c4ccccc4)N5c4ccccc4)cc3c2c1. The van der Waals surface area contributed by atoms with Gasteiger partial charge in [0.25, 0.3) is 0 Å². The number of nitrogens with zero attached hydrogens (tertiary/aromatic N) is 1. The monoisotopic (exact) mass is 861 g/mol. The van der Waals surface area contributed by atoms with Crippen LogP contribution in [0, 0.1) is 14.3 Å². The van der Waals surface area contributed by atoms with Gasteiger partial charge < -0.3 is 0 Å². The Hall–Kier alpha value is -4.31. The zero-order chi connectivity index (χ0) is 32.1. The summed E-state index contributed by atoms with van der Waals surface area (Å²) in [5, 5.41) is 2.39. The summed E-state index contributed by atoms with van der Waals surface area (Å²) in [7, 11) is 0. The molecule has 0 saturated heterocycles. The molecule has 0 fully saturated rings. The third-order valence-electron chi connectivity index (χ3n) is 8.76. The molecule has 0 N–H and O–H groups in total. The molecule has 0 radical (unpaired) electrons.